The molecular formula is C16H22N2O6. The standard InChI is InChI=1S/C16H22N2O6/c1-5-11(2)17(9-8-15(19)24-4)16(20)12-6-7-14(23-3)13(10-12)18(21)22/h6-7,10-11H,5,8-9H2,1-4H3. The van der Waals surface area contributed by atoms with E-state index in [9.17, 15) is 19.7 Å². The number of carbonyl (C=O) groups excluding carboxylic acids is 2. The summed E-state index contributed by atoms with van der Waals surface area (Å²) in [6, 6.07) is 3.93. The number of rotatable bonds is 8. The van der Waals surface area contributed by atoms with E-state index in [1.807, 2.05) is 13.8 Å². The van der Waals surface area contributed by atoms with Crippen molar-refractivity contribution >= 4 is 17.6 Å². The number of amides is 1. The normalized spacial score (nSPS) is 11.5. The first-order valence-electron chi connectivity index (χ1n) is 7.55. The van der Waals surface area contributed by atoms with Gasteiger partial charge in [-0.1, -0.05) is 6.92 Å². The average molecular weight is 338 g/mol. The molecule has 0 aliphatic heterocycles. The lowest BCUT2D eigenvalue weighted by atomic mass is 10.1. The van der Waals surface area contributed by atoms with E-state index in [2.05, 4.69) is 4.74 Å². The molecule has 0 spiro atoms. The molecule has 1 aromatic carbocycles. The molecule has 0 saturated heterocycles. The highest BCUT2D eigenvalue weighted by molar-refractivity contribution is 5.95. The van der Waals surface area contributed by atoms with Crippen LogP contribution in [0.5, 0.6) is 5.75 Å². The third-order valence-electron chi connectivity index (χ3n) is 3.79. The van der Waals surface area contributed by atoms with E-state index in [1.54, 1.807) is 0 Å². The molecule has 0 aromatic heterocycles. The summed E-state index contributed by atoms with van der Waals surface area (Å²) < 4.78 is 9.53. The molecule has 0 saturated carbocycles. The Morgan fingerprint density at radius 3 is 2.50 bits per heavy atom. The second-order valence-corrected chi connectivity index (χ2v) is 5.23. The Morgan fingerprint density at radius 2 is 2.00 bits per heavy atom. The minimum atomic E-state index is -0.600. The zero-order valence-corrected chi connectivity index (χ0v) is 14.3. The minimum Gasteiger partial charge on any atom is -0.490 e. The monoisotopic (exact) mass is 338 g/mol. The summed E-state index contributed by atoms with van der Waals surface area (Å²) in [6.07, 6.45) is 0.746. The van der Waals surface area contributed by atoms with E-state index in [0.29, 0.717) is 6.42 Å². The van der Waals surface area contributed by atoms with Crippen LogP contribution >= 0.6 is 0 Å². The van der Waals surface area contributed by atoms with Crippen LogP contribution in [0, 0.1) is 10.1 Å². The van der Waals surface area contributed by atoms with Gasteiger partial charge in [0.25, 0.3) is 5.91 Å². The van der Waals surface area contributed by atoms with Gasteiger partial charge in [0, 0.05) is 24.2 Å². The van der Waals surface area contributed by atoms with Crippen LogP contribution < -0.4 is 4.74 Å². The lowest BCUT2D eigenvalue weighted by molar-refractivity contribution is -0.385. The number of nitro groups is 1. The van der Waals surface area contributed by atoms with Crippen molar-refractivity contribution in [2.24, 2.45) is 0 Å². The zero-order valence-electron chi connectivity index (χ0n) is 14.3. The lowest BCUT2D eigenvalue weighted by Gasteiger charge is -2.28. The Bertz CT molecular complexity index is 617. The summed E-state index contributed by atoms with van der Waals surface area (Å²) >= 11 is 0. The third kappa shape index (κ3) is 4.68. The van der Waals surface area contributed by atoms with Gasteiger partial charge in [-0.25, -0.2) is 0 Å². The summed E-state index contributed by atoms with van der Waals surface area (Å²) in [6.45, 7) is 3.95. The van der Waals surface area contributed by atoms with Crippen LogP contribution in [0.3, 0.4) is 0 Å². The molecule has 0 heterocycles. The summed E-state index contributed by atoms with van der Waals surface area (Å²) in [5.41, 5.74) is -0.104. The van der Waals surface area contributed by atoms with Crippen LogP contribution in [-0.4, -0.2) is 48.5 Å². The fraction of sp³-hybridized carbons (Fsp3) is 0.500. The lowest BCUT2D eigenvalue weighted by Crippen LogP contribution is -2.39. The van der Waals surface area contributed by atoms with Gasteiger partial charge < -0.3 is 14.4 Å². The SMILES string of the molecule is CCC(C)N(CCC(=O)OC)C(=O)c1ccc(OC)c([N+](=O)[O-])c1. The Hall–Kier alpha value is -2.64. The van der Waals surface area contributed by atoms with Gasteiger partial charge >= 0.3 is 11.7 Å². The van der Waals surface area contributed by atoms with Gasteiger partial charge in [-0.05, 0) is 25.5 Å². The highest BCUT2D eigenvalue weighted by Gasteiger charge is 2.24. The van der Waals surface area contributed by atoms with E-state index < -0.39 is 10.9 Å². The van der Waals surface area contributed by atoms with Crippen LogP contribution in [0.4, 0.5) is 5.69 Å². The van der Waals surface area contributed by atoms with E-state index in [-0.39, 0.29) is 41.9 Å². The molecule has 1 amide bonds. The fourth-order valence-electron chi connectivity index (χ4n) is 2.19. The van der Waals surface area contributed by atoms with E-state index in [1.165, 1.54) is 37.3 Å². The molecular weight excluding hydrogens is 316 g/mol. The number of ether oxygens (including phenoxy) is 2. The molecule has 0 radical (unpaired) electrons. The van der Waals surface area contributed by atoms with Crippen molar-refractivity contribution in [1.82, 2.24) is 4.90 Å². The quantitative estimate of drug-likeness (QED) is 0.410. The average Bonchev–Trinajstić information content (AvgIpc) is 2.60. The number of carbonyl (C=O) groups is 2. The molecule has 0 bridgehead atoms. The maximum absolute atomic E-state index is 12.7. The summed E-state index contributed by atoms with van der Waals surface area (Å²) in [4.78, 5) is 36.1. The van der Waals surface area contributed by atoms with Gasteiger partial charge in [-0.15, -0.1) is 0 Å². The van der Waals surface area contributed by atoms with Gasteiger partial charge in [0.1, 0.15) is 0 Å². The van der Waals surface area contributed by atoms with Gasteiger partial charge in [0.05, 0.1) is 25.6 Å². The topological polar surface area (TPSA) is 99.0 Å². The van der Waals surface area contributed by atoms with Gasteiger partial charge in [-0.2, -0.15) is 0 Å². The van der Waals surface area contributed by atoms with Crippen molar-refractivity contribution in [3.63, 3.8) is 0 Å². The van der Waals surface area contributed by atoms with Crippen molar-refractivity contribution in [1.29, 1.82) is 0 Å². The molecule has 8 heteroatoms. The maximum atomic E-state index is 12.7. The Morgan fingerprint density at radius 1 is 1.33 bits per heavy atom. The predicted octanol–water partition coefficient (Wildman–Crippen LogP) is 2.41. The number of hydrogen-bond acceptors (Lipinski definition) is 6. The van der Waals surface area contributed by atoms with Crippen LogP contribution in [0.1, 0.15) is 37.0 Å². The molecule has 1 atom stereocenters. The van der Waals surface area contributed by atoms with Gasteiger partial charge in [0.15, 0.2) is 5.75 Å². The molecule has 0 aliphatic rings. The van der Waals surface area contributed by atoms with Crippen LogP contribution in [0.15, 0.2) is 18.2 Å². The van der Waals surface area contributed by atoms with E-state index in [0.717, 1.165) is 0 Å². The second-order valence-electron chi connectivity index (χ2n) is 5.23. The smallest absolute Gasteiger partial charge is 0.311 e. The van der Waals surface area contributed by atoms with Crippen molar-refractivity contribution < 1.29 is 24.0 Å². The Kier molecular flexibility index (Phi) is 7.16. The highest BCUT2D eigenvalue weighted by Crippen LogP contribution is 2.28. The van der Waals surface area contributed by atoms with Gasteiger partial charge in [0.2, 0.25) is 0 Å². The largest absolute Gasteiger partial charge is 0.490 e. The highest BCUT2D eigenvalue weighted by atomic mass is 16.6. The van der Waals surface area contributed by atoms with Crippen LogP contribution in [0.25, 0.3) is 0 Å². The Labute approximate surface area is 140 Å². The zero-order chi connectivity index (χ0) is 18.3. The minimum absolute atomic E-state index is 0.0603. The molecule has 1 rings (SSSR count). The molecule has 0 N–H and O–H groups in total. The number of nitrogens with zero attached hydrogens (tertiary/aromatic N) is 2. The number of esters is 1. The molecule has 132 valence electrons. The Balaban J connectivity index is 3.11. The maximum Gasteiger partial charge on any atom is 0.311 e. The van der Waals surface area contributed by atoms with Crippen molar-refractivity contribution in [2.75, 3.05) is 20.8 Å². The van der Waals surface area contributed by atoms with Crippen LogP contribution in [0.2, 0.25) is 0 Å². The third-order valence-corrected chi connectivity index (χ3v) is 3.79. The number of nitro benzene ring substituents is 1. The summed E-state index contributed by atoms with van der Waals surface area (Å²) in [7, 11) is 2.61. The first kappa shape index (κ1) is 19.4. The number of benzene rings is 1. The second kappa shape index (κ2) is 8.85. The number of methoxy groups -OCH3 is 2. The molecule has 8 nitrogen and oxygen atoms in total. The van der Waals surface area contributed by atoms with Gasteiger partial charge in [-0.3, -0.25) is 19.7 Å². The van der Waals surface area contributed by atoms with Crippen molar-refractivity contribution in [2.45, 2.75) is 32.7 Å². The van der Waals surface area contributed by atoms with Crippen molar-refractivity contribution in [3.05, 3.63) is 33.9 Å². The molecule has 1 aromatic rings. The van der Waals surface area contributed by atoms with Crippen LogP contribution in [-0.2, 0) is 9.53 Å². The first-order valence-corrected chi connectivity index (χ1v) is 7.55. The molecule has 1 unspecified atom stereocenters. The molecule has 24 heavy (non-hydrogen) atoms. The van der Waals surface area contributed by atoms with E-state index in [4.69, 9.17) is 4.74 Å². The van der Waals surface area contributed by atoms with E-state index >= 15 is 0 Å². The predicted molar refractivity (Wildman–Crippen MR) is 87.1 cm³/mol. The summed E-state index contributed by atoms with van der Waals surface area (Å²) in [5.74, 6) is -0.711. The summed E-state index contributed by atoms with van der Waals surface area (Å²) in [5, 5.41) is 11.1. The number of hydrogen-bond donors (Lipinski definition) is 0. The molecule has 0 aliphatic carbocycles. The molecule has 0 fully saturated rings. The van der Waals surface area contributed by atoms with Crippen molar-refractivity contribution in [3.8, 4) is 5.75 Å². The fourth-order valence-corrected chi connectivity index (χ4v) is 2.19. The first-order chi connectivity index (χ1) is 11.3.